The third-order valence-electron chi connectivity index (χ3n) is 3.33. The molecule has 0 saturated carbocycles. The molecule has 7 heteroatoms. The lowest BCUT2D eigenvalue weighted by molar-refractivity contribution is -0.127. The first-order valence-electron chi connectivity index (χ1n) is 7.15. The molecule has 6 nitrogen and oxygen atoms in total. The van der Waals surface area contributed by atoms with Crippen LogP contribution in [0.2, 0.25) is 0 Å². The maximum atomic E-state index is 12.1. The normalized spacial score (nSPS) is 12.1. The first-order chi connectivity index (χ1) is 11.2. The number of methoxy groups -OCH3 is 1. The van der Waals surface area contributed by atoms with Crippen molar-refractivity contribution in [3.63, 3.8) is 0 Å². The van der Waals surface area contributed by atoms with Crippen LogP contribution in [0.1, 0.15) is 12.6 Å². The van der Waals surface area contributed by atoms with Crippen LogP contribution in [0.25, 0.3) is 4.96 Å². The molecule has 2 aromatic heterocycles. The lowest BCUT2D eigenvalue weighted by Gasteiger charge is -2.14. The first kappa shape index (κ1) is 15.4. The topological polar surface area (TPSA) is 64.9 Å². The van der Waals surface area contributed by atoms with Gasteiger partial charge in [-0.3, -0.25) is 9.20 Å². The average molecular weight is 331 g/mol. The standard InChI is InChI=1S/C16H17N3O3S/c1-11(22-14-5-3-13(21-2)4-6-14)15(20)17-9-12-10-19-7-8-23-16(19)18-12/h3-8,10-11H,9H2,1-2H3,(H,17,20). The summed E-state index contributed by atoms with van der Waals surface area (Å²) in [5.74, 6) is 1.18. The Morgan fingerprint density at radius 2 is 2.09 bits per heavy atom. The fraction of sp³-hybridized carbons (Fsp3) is 0.250. The lowest BCUT2D eigenvalue weighted by atomic mass is 10.3. The van der Waals surface area contributed by atoms with Crippen LogP contribution >= 0.6 is 11.3 Å². The highest BCUT2D eigenvalue weighted by molar-refractivity contribution is 7.15. The summed E-state index contributed by atoms with van der Waals surface area (Å²) >= 11 is 1.56. The van der Waals surface area contributed by atoms with Gasteiger partial charge in [-0.15, -0.1) is 11.3 Å². The molecule has 0 radical (unpaired) electrons. The number of carbonyl (C=O) groups is 1. The SMILES string of the molecule is COc1ccc(OC(C)C(=O)NCc2cn3ccsc3n2)cc1. The summed E-state index contributed by atoms with van der Waals surface area (Å²) in [6.45, 7) is 2.09. The van der Waals surface area contributed by atoms with Crippen molar-refractivity contribution < 1.29 is 14.3 Å². The summed E-state index contributed by atoms with van der Waals surface area (Å²) in [7, 11) is 1.60. The molecule has 0 aliphatic rings. The molecule has 0 saturated heterocycles. The first-order valence-corrected chi connectivity index (χ1v) is 8.03. The molecular weight excluding hydrogens is 314 g/mol. The Morgan fingerprint density at radius 1 is 1.35 bits per heavy atom. The Labute approximate surface area is 137 Å². The Hall–Kier alpha value is -2.54. The second-order valence-corrected chi connectivity index (χ2v) is 5.85. The van der Waals surface area contributed by atoms with Gasteiger partial charge in [0.25, 0.3) is 5.91 Å². The van der Waals surface area contributed by atoms with Gasteiger partial charge < -0.3 is 14.8 Å². The van der Waals surface area contributed by atoms with E-state index in [9.17, 15) is 4.79 Å². The van der Waals surface area contributed by atoms with Gasteiger partial charge in [0.05, 0.1) is 19.3 Å². The maximum Gasteiger partial charge on any atom is 0.261 e. The number of amides is 1. The number of ether oxygens (including phenoxy) is 2. The molecular formula is C16H17N3O3S. The van der Waals surface area contributed by atoms with E-state index in [1.54, 1.807) is 49.6 Å². The summed E-state index contributed by atoms with van der Waals surface area (Å²) in [5, 5.41) is 4.80. The van der Waals surface area contributed by atoms with Gasteiger partial charge >= 0.3 is 0 Å². The van der Waals surface area contributed by atoms with Gasteiger partial charge in [0.15, 0.2) is 11.1 Å². The van der Waals surface area contributed by atoms with E-state index in [0.29, 0.717) is 12.3 Å². The van der Waals surface area contributed by atoms with E-state index in [4.69, 9.17) is 9.47 Å². The zero-order valence-electron chi connectivity index (χ0n) is 12.9. The van der Waals surface area contributed by atoms with Crippen molar-refractivity contribution in [1.82, 2.24) is 14.7 Å². The van der Waals surface area contributed by atoms with Crippen LogP contribution in [-0.2, 0) is 11.3 Å². The number of carbonyl (C=O) groups excluding carboxylic acids is 1. The van der Waals surface area contributed by atoms with Crippen LogP contribution in [-0.4, -0.2) is 28.5 Å². The Morgan fingerprint density at radius 3 is 2.78 bits per heavy atom. The second-order valence-electron chi connectivity index (χ2n) is 4.98. The molecule has 23 heavy (non-hydrogen) atoms. The number of aromatic nitrogens is 2. The number of imidazole rings is 1. The number of nitrogens with one attached hydrogen (secondary N) is 1. The minimum absolute atomic E-state index is 0.183. The molecule has 1 amide bonds. The van der Waals surface area contributed by atoms with E-state index < -0.39 is 6.10 Å². The molecule has 0 spiro atoms. The van der Waals surface area contributed by atoms with Gasteiger partial charge in [-0.25, -0.2) is 4.98 Å². The minimum atomic E-state index is -0.591. The van der Waals surface area contributed by atoms with Crippen molar-refractivity contribution in [2.75, 3.05) is 7.11 Å². The zero-order chi connectivity index (χ0) is 16.2. The van der Waals surface area contributed by atoms with Crippen molar-refractivity contribution in [1.29, 1.82) is 0 Å². The largest absolute Gasteiger partial charge is 0.497 e. The molecule has 1 aromatic carbocycles. The molecule has 3 aromatic rings. The van der Waals surface area contributed by atoms with Crippen molar-refractivity contribution >= 4 is 22.2 Å². The smallest absolute Gasteiger partial charge is 0.261 e. The number of rotatable bonds is 6. The van der Waals surface area contributed by atoms with Crippen molar-refractivity contribution in [3.05, 3.63) is 47.7 Å². The van der Waals surface area contributed by atoms with Gasteiger partial charge in [-0.2, -0.15) is 0 Å². The van der Waals surface area contributed by atoms with Gasteiger partial charge in [0.2, 0.25) is 0 Å². The van der Waals surface area contributed by atoms with Gasteiger partial charge in [-0.1, -0.05) is 0 Å². The van der Waals surface area contributed by atoms with Crippen molar-refractivity contribution in [2.24, 2.45) is 0 Å². The monoisotopic (exact) mass is 331 g/mol. The number of nitrogens with zero attached hydrogens (tertiary/aromatic N) is 2. The molecule has 2 heterocycles. The second kappa shape index (κ2) is 6.70. The summed E-state index contributed by atoms with van der Waals surface area (Å²) in [5.41, 5.74) is 0.821. The summed E-state index contributed by atoms with van der Waals surface area (Å²) in [4.78, 5) is 17.4. The summed E-state index contributed by atoms with van der Waals surface area (Å²) in [6.07, 6.45) is 3.25. The highest BCUT2D eigenvalue weighted by atomic mass is 32.1. The molecule has 0 aliphatic carbocycles. The zero-order valence-corrected chi connectivity index (χ0v) is 13.7. The molecule has 120 valence electrons. The van der Waals surface area contributed by atoms with E-state index >= 15 is 0 Å². The predicted molar refractivity (Wildman–Crippen MR) is 88.0 cm³/mol. The van der Waals surface area contributed by atoms with Crippen LogP contribution in [0, 0.1) is 0 Å². The fourth-order valence-corrected chi connectivity index (χ4v) is 2.81. The summed E-state index contributed by atoms with van der Waals surface area (Å²) in [6, 6.07) is 7.12. The number of thiazole rings is 1. The third kappa shape index (κ3) is 3.62. The van der Waals surface area contributed by atoms with E-state index in [-0.39, 0.29) is 5.91 Å². The predicted octanol–water partition coefficient (Wildman–Crippen LogP) is 2.49. The van der Waals surface area contributed by atoms with Crippen LogP contribution in [0.4, 0.5) is 0 Å². The molecule has 1 atom stereocenters. The molecule has 1 N–H and O–H groups in total. The Balaban J connectivity index is 1.53. The van der Waals surface area contributed by atoms with E-state index in [2.05, 4.69) is 10.3 Å². The lowest BCUT2D eigenvalue weighted by Crippen LogP contribution is -2.35. The number of fused-ring (bicyclic) bond motifs is 1. The van der Waals surface area contributed by atoms with Gasteiger partial charge in [0, 0.05) is 17.8 Å². The maximum absolute atomic E-state index is 12.1. The van der Waals surface area contributed by atoms with Crippen LogP contribution in [0.15, 0.2) is 42.0 Å². The van der Waals surface area contributed by atoms with Crippen LogP contribution < -0.4 is 14.8 Å². The number of hydrogen-bond acceptors (Lipinski definition) is 5. The average Bonchev–Trinajstić information content (AvgIpc) is 3.14. The van der Waals surface area contributed by atoms with Gasteiger partial charge in [0.1, 0.15) is 11.5 Å². The molecule has 1 unspecified atom stereocenters. The number of hydrogen-bond donors (Lipinski definition) is 1. The molecule has 3 rings (SSSR count). The third-order valence-corrected chi connectivity index (χ3v) is 4.10. The van der Waals surface area contributed by atoms with Crippen molar-refractivity contribution in [2.45, 2.75) is 19.6 Å². The number of benzene rings is 1. The van der Waals surface area contributed by atoms with Crippen LogP contribution in [0.5, 0.6) is 11.5 Å². The van der Waals surface area contributed by atoms with E-state index in [1.165, 1.54) is 0 Å². The Bertz CT molecular complexity index is 766. The van der Waals surface area contributed by atoms with Gasteiger partial charge in [-0.05, 0) is 31.2 Å². The van der Waals surface area contributed by atoms with Crippen molar-refractivity contribution in [3.8, 4) is 11.5 Å². The van der Waals surface area contributed by atoms with E-state index in [0.717, 1.165) is 16.4 Å². The molecule has 0 aliphatic heterocycles. The summed E-state index contributed by atoms with van der Waals surface area (Å²) < 4.78 is 12.6. The fourth-order valence-electron chi connectivity index (χ4n) is 2.09. The minimum Gasteiger partial charge on any atom is -0.497 e. The van der Waals surface area contributed by atoms with E-state index in [1.807, 2.05) is 22.2 Å². The molecule has 0 fully saturated rings. The quantitative estimate of drug-likeness (QED) is 0.754. The highest BCUT2D eigenvalue weighted by Crippen LogP contribution is 2.18. The highest BCUT2D eigenvalue weighted by Gasteiger charge is 2.15. The molecule has 0 bridgehead atoms. The van der Waals surface area contributed by atoms with Crippen LogP contribution in [0.3, 0.4) is 0 Å². The Kier molecular flexibility index (Phi) is 4.47.